The molecule has 2 rings (SSSR count). The van der Waals surface area contributed by atoms with Gasteiger partial charge in [-0.15, -0.1) is 0 Å². The average Bonchev–Trinajstić information content (AvgIpc) is 2.61. The van der Waals surface area contributed by atoms with Gasteiger partial charge in [0.25, 0.3) is 0 Å². The van der Waals surface area contributed by atoms with Gasteiger partial charge in [-0.2, -0.15) is 5.26 Å². The highest BCUT2D eigenvalue weighted by molar-refractivity contribution is 6.30. The van der Waals surface area contributed by atoms with Crippen molar-refractivity contribution in [3.8, 4) is 17.5 Å². The van der Waals surface area contributed by atoms with Crippen molar-refractivity contribution in [1.29, 1.82) is 5.26 Å². The number of halogens is 1. The molecular formula is C12H10ClN3. The summed E-state index contributed by atoms with van der Waals surface area (Å²) in [4.78, 5) is 4.40. The number of aryl methyl sites for hydroxylation is 1. The minimum Gasteiger partial charge on any atom is -0.334 e. The number of nitrogens with zero attached hydrogens (tertiary/aromatic N) is 3. The second kappa shape index (κ2) is 4.38. The Bertz CT molecular complexity index is 534. The van der Waals surface area contributed by atoms with Gasteiger partial charge in [-0.1, -0.05) is 11.6 Å². The molecule has 0 saturated carbocycles. The van der Waals surface area contributed by atoms with E-state index in [1.54, 1.807) is 0 Å². The summed E-state index contributed by atoms with van der Waals surface area (Å²) < 4.78 is 1.91. The first-order valence-electron chi connectivity index (χ1n) is 4.86. The van der Waals surface area contributed by atoms with E-state index < -0.39 is 0 Å². The predicted octanol–water partition coefficient (Wildman–Crippen LogP) is 2.81. The van der Waals surface area contributed by atoms with Crippen LogP contribution in [0.25, 0.3) is 11.4 Å². The Morgan fingerprint density at radius 1 is 1.38 bits per heavy atom. The van der Waals surface area contributed by atoms with Crippen LogP contribution in [0, 0.1) is 11.3 Å². The number of imidazole rings is 1. The highest BCUT2D eigenvalue weighted by atomic mass is 35.5. The normalized spacial score (nSPS) is 10.1. The molecular weight excluding hydrogens is 222 g/mol. The number of hydrogen-bond donors (Lipinski definition) is 0. The molecule has 0 radical (unpaired) electrons. The van der Waals surface area contributed by atoms with Crippen LogP contribution in [0.4, 0.5) is 0 Å². The van der Waals surface area contributed by atoms with Crippen LogP contribution in [0.3, 0.4) is 0 Å². The van der Waals surface area contributed by atoms with Gasteiger partial charge >= 0.3 is 0 Å². The van der Waals surface area contributed by atoms with Crippen LogP contribution in [0.5, 0.6) is 0 Å². The number of hydrogen-bond acceptors (Lipinski definition) is 2. The lowest BCUT2D eigenvalue weighted by Gasteiger charge is -2.00. The fraction of sp³-hybridized carbons (Fsp3) is 0.167. The molecule has 0 unspecified atom stereocenters. The SMILES string of the molecule is Cn1cc(CC#N)nc1-c1ccc(Cl)cc1. The van der Waals surface area contributed by atoms with E-state index >= 15 is 0 Å². The van der Waals surface area contributed by atoms with Crippen molar-refractivity contribution < 1.29 is 0 Å². The van der Waals surface area contributed by atoms with Gasteiger partial charge in [-0.3, -0.25) is 0 Å². The zero-order chi connectivity index (χ0) is 11.5. The molecule has 1 aromatic carbocycles. The van der Waals surface area contributed by atoms with Crippen molar-refractivity contribution >= 4 is 11.6 Å². The Balaban J connectivity index is 2.40. The van der Waals surface area contributed by atoms with Gasteiger partial charge in [0.1, 0.15) is 5.82 Å². The molecule has 0 N–H and O–H groups in total. The molecule has 0 atom stereocenters. The van der Waals surface area contributed by atoms with Crippen molar-refractivity contribution in [2.24, 2.45) is 7.05 Å². The molecule has 2 aromatic rings. The third-order valence-electron chi connectivity index (χ3n) is 2.29. The van der Waals surface area contributed by atoms with E-state index in [0.29, 0.717) is 11.4 Å². The molecule has 1 heterocycles. The van der Waals surface area contributed by atoms with Gasteiger partial charge in [0.2, 0.25) is 0 Å². The third-order valence-corrected chi connectivity index (χ3v) is 2.54. The molecule has 0 fully saturated rings. The van der Waals surface area contributed by atoms with Crippen LogP contribution in [-0.4, -0.2) is 9.55 Å². The lowest BCUT2D eigenvalue weighted by molar-refractivity contribution is 0.923. The molecule has 3 nitrogen and oxygen atoms in total. The fourth-order valence-electron chi connectivity index (χ4n) is 1.56. The zero-order valence-corrected chi connectivity index (χ0v) is 9.57. The topological polar surface area (TPSA) is 41.6 Å². The minimum atomic E-state index is 0.335. The van der Waals surface area contributed by atoms with Crippen molar-refractivity contribution in [2.75, 3.05) is 0 Å². The monoisotopic (exact) mass is 231 g/mol. The van der Waals surface area contributed by atoms with Gasteiger partial charge in [-0.05, 0) is 24.3 Å². The summed E-state index contributed by atoms with van der Waals surface area (Å²) in [5.41, 5.74) is 1.78. The van der Waals surface area contributed by atoms with Crippen molar-refractivity contribution in [2.45, 2.75) is 6.42 Å². The molecule has 0 bridgehead atoms. The van der Waals surface area contributed by atoms with Crippen molar-refractivity contribution in [3.05, 3.63) is 41.2 Å². The zero-order valence-electron chi connectivity index (χ0n) is 8.81. The molecule has 0 aliphatic rings. The van der Waals surface area contributed by atoms with Crippen LogP contribution in [0.2, 0.25) is 5.02 Å². The first-order valence-corrected chi connectivity index (χ1v) is 5.23. The summed E-state index contributed by atoms with van der Waals surface area (Å²) in [6.45, 7) is 0. The van der Waals surface area contributed by atoms with Crippen LogP contribution >= 0.6 is 11.6 Å². The first-order chi connectivity index (χ1) is 7.70. The van der Waals surface area contributed by atoms with Gasteiger partial charge in [0.15, 0.2) is 0 Å². The van der Waals surface area contributed by atoms with Gasteiger partial charge in [0, 0.05) is 23.8 Å². The molecule has 4 heteroatoms. The van der Waals surface area contributed by atoms with Crippen molar-refractivity contribution in [1.82, 2.24) is 9.55 Å². The predicted molar refractivity (Wildman–Crippen MR) is 63.0 cm³/mol. The number of nitriles is 1. The summed E-state index contributed by atoms with van der Waals surface area (Å²) in [7, 11) is 1.91. The lowest BCUT2D eigenvalue weighted by Crippen LogP contribution is -1.90. The molecule has 80 valence electrons. The summed E-state index contributed by atoms with van der Waals surface area (Å²) in [5.74, 6) is 0.849. The summed E-state index contributed by atoms with van der Waals surface area (Å²) >= 11 is 5.82. The van der Waals surface area contributed by atoms with E-state index in [0.717, 1.165) is 17.1 Å². The molecule has 1 aromatic heterocycles. The van der Waals surface area contributed by atoms with Gasteiger partial charge in [0.05, 0.1) is 18.2 Å². The Hall–Kier alpha value is -1.79. The Morgan fingerprint density at radius 3 is 2.69 bits per heavy atom. The highest BCUT2D eigenvalue weighted by Gasteiger charge is 2.07. The van der Waals surface area contributed by atoms with Crippen LogP contribution in [0.1, 0.15) is 5.69 Å². The second-order valence-electron chi connectivity index (χ2n) is 3.51. The largest absolute Gasteiger partial charge is 0.334 e. The average molecular weight is 232 g/mol. The van der Waals surface area contributed by atoms with Crippen LogP contribution in [-0.2, 0) is 13.5 Å². The van der Waals surface area contributed by atoms with E-state index in [-0.39, 0.29) is 0 Å². The van der Waals surface area contributed by atoms with E-state index in [1.165, 1.54) is 0 Å². The standard InChI is InChI=1S/C12H10ClN3/c1-16-8-11(6-7-14)15-12(16)9-2-4-10(13)5-3-9/h2-5,8H,6H2,1H3. The van der Waals surface area contributed by atoms with E-state index in [2.05, 4.69) is 11.1 Å². The van der Waals surface area contributed by atoms with Gasteiger partial charge < -0.3 is 4.57 Å². The summed E-state index contributed by atoms with van der Waals surface area (Å²) in [5, 5.41) is 9.31. The second-order valence-corrected chi connectivity index (χ2v) is 3.94. The molecule has 0 amide bonds. The Morgan fingerprint density at radius 2 is 2.06 bits per heavy atom. The summed E-state index contributed by atoms with van der Waals surface area (Å²) in [6, 6.07) is 9.58. The number of benzene rings is 1. The maximum absolute atomic E-state index is 8.61. The van der Waals surface area contributed by atoms with Crippen LogP contribution in [0.15, 0.2) is 30.5 Å². The van der Waals surface area contributed by atoms with E-state index in [9.17, 15) is 0 Å². The smallest absolute Gasteiger partial charge is 0.140 e. The fourth-order valence-corrected chi connectivity index (χ4v) is 1.69. The highest BCUT2D eigenvalue weighted by Crippen LogP contribution is 2.20. The van der Waals surface area contributed by atoms with Crippen molar-refractivity contribution in [3.63, 3.8) is 0 Å². The Kier molecular flexibility index (Phi) is 2.93. The quantitative estimate of drug-likeness (QED) is 0.798. The minimum absolute atomic E-state index is 0.335. The molecule has 0 aliphatic heterocycles. The third kappa shape index (κ3) is 2.07. The number of aromatic nitrogens is 2. The van der Waals surface area contributed by atoms with Crippen LogP contribution < -0.4 is 0 Å². The molecule has 0 saturated heterocycles. The van der Waals surface area contributed by atoms with E-state index in [4.69, 9.17) is 16.9 Å². The molecule has 0 spiro atoms. The van der Waals surface area contributed by atoms with Gasteiger partial charge in [-0.25, -0.2) is 4.98 Å². The lowest BCUT2D eigenvalue weighted by atomic mass is 10.2. The molecule has 0 aliphatic carbocycles. The summed E-state index contributed by atoms with van der Waals surface area (Å²) in [6.07, 6.45) is 2.20. The number of rotatable bonds is 2. The van der Waals surface area contributed by atoms with E-state index in [1.807, 2.05) is 42.1 Å². The molecule has 16 heavy (non-hydrogen) atoms. The Labute approximate surface area is 98.9 Å². The maximum Gasteiger partial charge on any atom is 0.140 e. The maximum atomic E-state index is 8.61. The first kappa shape index (κ1) is 10.7.